The van der Waals surface area contributed by atoms with Gasteiger partial charge in [0, 0.05) is 0 Å². The third-order valence-electron chi connectivity index (χ3n) is 4.00. The van der Waals surface area contributed by atoms with E-state index in [4.69, 9.17) is 9.47 Å². The first-order valence-electron chi connectivity index (χ1n) is 8.79. The molecule has 0 aromatic rings. The van der Waals surface area contributed by atoms with E-state index < -0.39 is 23.3 Å². The van der Waals surface area contributed by atoms with Crippen LogP contribution in [-0.4, -0.2) is 25.2 Å². The molecule has 0 fully saturated rings. The lowest BCUT2D eigenvalue weighted by Crippen LogP contribution is -2.43. The second kappa shape index (κ2) is 11.9. The molecule has 0 aliphatic heterocycles. The SMILES string of the molecule is CCCCCCC(C(=O)OCC)C(C#N)(CCC)C(=O)OCC. The molecular weight excluding hydrogens is 294 g/mol. The number of ether oxygens (including phenoxy) is 2. The van der Waals surface area contributed by atoms with Gasteiger partial charge < -0.3 is 9.47 Å². The zero-order valence-corrected chi connectivity index (χ0v) is 15.0. The third-order valence-corrected chi connectivity index (χ3v) is 4.00. The van der Waals surface area contributed by atoms with Crippen LogP contribution in [0.4, 0.5) is 0 Å². The molecule has 2 atom stereocenters. The van der Waals surface area contributed by atoms with Crippen molar-refractivity contribution in [2.24, 2.45) is 11.3 Å². The lowest BCUT2D eigenvalue weighted by atomic mass is 9.71. The summed E-state index contributed by atoms with van der Waals surface area (Å²) in [6.45, 7) is 7.86. The van der Waals surface area contributed by atoms with Crippen LogP contribution in [0.3, 0.4) is 0 Å². The van der Waals surface area contributed by atoms with Gasteiger partial charge in [0.15, 0.2) is 5.41 Å². The molecular formula is C18H31NO4. The van der Waals surface area contributed by atoms with Gasteiger partial charge in [0.25, 0.3) is 0 Å². The number of rotatable bonds is 12. The molecule has 0 rings (SSSR count). The molecule has 132 valence electrons. The van der Waals surface area contributed by atoms with E-state index in [1.165, 1.54) is 0 Å². The smallest absolute Gasteiger partial charge is 0.327 e. The van der Waals surface area contributed by atoms with Crippen molar-refractivity contribution in [3.8, 4) is 6.07 Å². The maximum absolute atomic E-state index is 12.5. The van der Waals surface area contributed by atoms with Crippen LogP contribution in [0, 0.1) is 22.7 Å². The lowest BCUT2D eigenvalue weighted by molar-refractivity contribution is -0.166. The maximum Gasteiger partial charge on any atom is 0.327 e. The Balaban J connectivity index is 5.46. The van der Waals surface area contributed by atoms with E-state index in [9.17, 15) is 14.9 Å². The second-order valence-electron chi connectivity index (χ2n) is 5.71. The zero-order valence-electron chi connectivity index (χ0n) is 15.0. The van der Waals surface area contributed by atoms with Crippen molar-refractivity contribution >= 4 is 11.9 Å². The van der Waals surface area contributed by atoms with Crippen molar-refractivity contribution in [2.45, 2.75) is 72.6 Å². The minimum atomic E-state index is -1.44. The van der Waals surface area contributed by atoms with Gasteiger partial charge in [-0.05, 0) is 26.7 Å². The fourth-order valence-electron chi connectivity index (χ4n) is 2.84. The average molecular weight is 325 g/mol. The van der Waals surface area contributed by atoms with Crippen LogP contribution in [0.1, 0.15) is 72.6 Å². The molecule has 0 radical (unpaired) electrons. The van der Waals surface area contributed by atoms with E-state index in [1.54, 1.807) is 13.8 Å². The highest BCUT2D eigenvalue weighted by molar-refractivity contribution is 5.88. The van der Waals surface area contributed by atoms with E-state index in [0.717, 1.165) is 25.7 Å². The Bertz CT molecular complexity index is 402. The number of nitrogens with zero attached hydrogens (tertiary/aromatic N) is 1. The summed E-state index contributed by atoms with van der Waals surface area (Å²) in [6, 6.07) is 2.11. The van der Waals surface area contributed by atoms with Crippen LogP contribution in [-0.2, 0) is 19.1 Å². The monoisotopic (exact) mass is 325 g/mol. The van der Waals surface area contributed by atoms with Crippen molar-refractivity contribution in [3.05, 3.63) is 0 Å². The topological polar surface area (TPSA) is 76.4 Å². The summed E-state index contributed by atoms with van der Waals surface area (Å²) in [7, 11) is 0. The second-order valence-corrected chi connectivity index (χ2v) is 5.71. The molecule has 0 aromatic carbocycles. The highest BCUT2D eigenvalue weighted by Gasteiger charge is 2.50. The van der Waals surface area contributed by atoms with E-state index >= 15 is 0 Å². The minimum Gasteiger partial charge on any atom is -0.466 e. The molecule has 0 aromatic heterocycles. The molecule has 2 unspecified atom stereocenters. The summed E-state index contributed by atoms with van der Waals surface area (Å²) in [4.78, 5) is 24.9. The average Bonchev–Trinajstić information content (AvgIpc) is 2.53. The summed E-state index contributed by atoms with van der Waals surface area (Å²) in [5, 5.41) is 9.74. The number of hydrogen-bond donors (Lipinski definition) is 0. The van der Waals surface area contributed by atoms with Gasteiger partial charge in [-0.25, -0.2) is 0 Å². The summed E-state index contributed by atoms with van der Waals surface area (Å²) in [6.07, 6.45) is 5.33. The first-order chi connectivity index (χ1) is 11.0. The van der Waals surface area contributed by atoms with E-state index in [1.807, 2.05) is 6.92 Å². The Kier molecular flexibility index (Phi) is 11.1. The molecule has 23 heavy (non-hydrogen) atoms. The largest absolute Gasteiger partial charge is 0.466 e. The summed E-state index contributed by atoms with van der Waals surface area (Å²) < 4.78 is 10.3. The third kappa shape index (κ3) is 6.21. The zero-order chi connectivity index (χ0) is 17.7. The van der Waals surface area contributed by atoms with Crippen LogP contribution in [0.2, 0.25) is 0 Å². The molecule has 0 saturated heterocycles. The normalized spacial score (nSPS) is 14.4. The Morgan fingerprint density at radius 3 is 2.13 bits per heavy atom. The van der Waals surface area contributed by atoms with Crippen molar-refractivity contribution in [3.63, 3.8) is 0 Å². The summed E-state index contributed by atoms with van der Waals surface area (Å²) in [5.74, 6) is -1.83. The molecule has 0 heterocycles. The van der Waals surface area contributed by atoms with Gasteiger partial charge in [0.05, 0.1) is 25.2 Å². The van der Waals surface area contributed by atoms with Crippen LogP contribution < -0.4 is 0 Å². The maximum atomic E-state index is 12.5. The van der Waals surface area contributed by atoms with Crippen molar-refractivity contribution in [1.29, 1.82) is 5.26 Å². The van der Waals surface area contributed by atoms with Gasteiger partial charge in [0.2, 0.25) is 0 Å². The van der Waals surface area contributed by atoms with Gasteiger partial charge in [0.1, 0.15) is 0 Å². The molecule has 0 spiro atoms. The number of unbranched alkanes of at least 4 members (excludes halogenated alkanes) is 3. The lowest BCUT2D eigenvalue weighted by Gasteiger charge is -2.31. The highest BCUT2D eigenvalue weighted by atomic mass is 16.5. The van der Waals surface area contributed by atoms with E-state index in [-0.39, 0.29) is 13.2 Å². The van der Waals surface area contributed by atoms with Crippen molar-refractivity contribution in [1.82, 2.24) is 0 Å². The number of esters is 2. The van der Waals surface area contributed by atoms with Crippen LogP contribution >= 0.6 is 0 Å². The van der Waals surface area contributed by atoms with Crippen LogP contribution in [0.25, 0.3) is 0 Å². The molecule has 0 aliphatic carbocycles. The van der Waals surface area contributed by atoms with E-state index in [2.05, 4.69) is 13.0 Å². The quantitative estimate of drug-likeness (QED) is 0.400. The molecule has 5 nitrogen and oxygen atoms in total. The van der Waals surface area contributed by atoms with Gasteiger partial charge in [-0.1, -0.05) is 46.0 Å². The predicted octanol–water partition coefficient (Wildman–Crippen LogP) is 4.01. The molecule has 0 aliphatic rings. The Labute approximate surface area is 140 Å². The minimum absolute atomic E-state index is 0.192. The van der Waals surface area contributed by atoms with Crippen LogP contribution in [0.15, 0.2) is 0 Å². The van der Waals surface area contributed by atoms with Crippen molar-refractivity contribution in [2.75, 3.05) is 13.2 Å². The fourth-order valence-corrected chi connectivity index (χ4v) is 2.84. The summed E-state index contributed by atoms with van der Waals surface area (Å²) >= 11 is 0. The first-order valence-corrected chi connectivity index (χ1v) is 8.79. The summed E-state index contributed by atoms with van der Waals surface area (Å²) in [5.41, 5.74) is -1.44. The predicted molar refractivity (Wildman–Crippen MR) is 88.5 cm³/mol. The van der Waals surface area contributed by atoms with Gasteiger partial charge in [-0.3, -0.25) is 9.59 Å². The highest BCUT2D eigenvalue weighted by Crippen LogP contribution is 2.38. The molecule has 0 amide bonds. The van der Waals surface area contributed by atoms with Crippen molar-refractivity contribution < 1.29 is 19.1 Å². The molecule has 0 saturated carbocycles. The Morgan fingerprint density at radius 2 is 1.65 bits per heavy atom. The van der Waals surface area contributed by atoms with Gasteiger partial charge >= 0.3 is 11.9 Å². The van der Waals surface area contributed by atoms with Gasteiger partial charge in [-0.15, -0.1) is 0 Å². The van der Waals surface area contributed by atoms with Gasteiger partial charge in [-0.2, -0.15) is 5.26 Å². The number of carbonyl (C=O) groups excluding carboxylic acids is 2. The van der Waals surface area contributed by atoms with Crippen LogP contribution in [0.5, 0.6) is 0 Å². The first kappa shape index (κ1) is 21.4. The standard InChI is InChI=1S/C18H31NO4/c1-5-9-10-11-12-15(16(20)22-7-3)18(14-19,13-6-2)17(21)23-8-4/h15H,5-13H2,1-4H3. The number of nitriles is 1. The fraction of sp³-hybridized carbons (Fsp3) is 0.833. The van der Waals surface area contributed by atoms with E-state index in [0.29, 0.717) is 19.3 Å². The Morgan fingerprint density at radius 1 is 1.00 bits per heavy atom. The molecule has 0 bridgehead atoms. The molecule has 0 N–H and O–H groups in total. The molecule has 5 heteroatoms. The Hall–Kier alpha value is -1.57. The number of carbonyl (C=O) groups is 2. The number of hydrogen-bond acceptors (Lipinski definition) is 5.